The average molecular weight is 460 g/mol. The van der Waals surface area contributed by atoms with E-state index < -0.39 is 11.8 Å². The monoisotopic (exact) mass is 459 g/mol. The minimum absolute atomic E-state index is 0.0342. The number of piperidine rings is 1. The number of anilines is 2. The second-order valence-electron chi connectivity index (χ2n) is 7.83. The topological polar surface area (TPSA) is 69.7 Å². The summed E-state index contributed by atoms with van der Waals surface area (Å²) in [7, 11) is 0. The van der Waals surface area contributed by atoms with Gasteiger partial charge in [-0.3, -0.25) is 19.3 Å². The first-order chi connectivity index (χ1) is 15.4. The van der Waals surface area contributed by atoms with Crippen molar-refractivity contribution in [2.45, 2.75) is 36.0 Å². The number of nitrogens with one attached hydrogen (secondary N) is 1. The molecule has 0 spiro atoms. The molecule has 32 heavy (non-hydrogen) atoms. The van der Waals surface area contributed by atoms with Crippen molar-refractivity contribution in [2.24, 2.45) is 5.92 Å². The zero-order chi connectivity index (χ0) is 22.7. The van der Waals surface area contributed by atoms with Crippen molar-refractivity contribution in [3.8, 4) is 0 Å². The number of benzene rings is 2. The third-order valence-electron chi connectivity index (χ3n) is 5.83. The fourth-order valence-corrected chi connectivity index (χ4v) is 4.69. The minimum atomic E-state index is -2.53. The molecule has 2 aromatic carbocycles. The Labute approximate surface area is 188 Å². The van der Waals surface area contributed by atoms with E-state index in [0.29, 0.717) is 48.3 Å². The molecule has 0 bridgehead atoms. The molecule has 0 aromatic heterocycles. The molecule has 0 saturated carbocycles. The standard InChI is InChI=1S/C23H23F2N3O3S/c24-23(25)32-18-8-6-17(7-9-18)28-20(29)14-19(22(28)31)27-12-10-15(11-13-27)21(30)26-16-4-2-1-3-5-16/h1-9,15,19,23H,10-14H2,(H,26,30). The van der Waals surface area contributed by atoms with Gasteiger partial charge in [-0.15, -0.1) is 0 Å². The number of rotatable bonds is 6. The average Bonchev–Trinajstić information content (AvgIpc) is 3.08. The van der Waals surface area contributed by atoms with Crippen LogP contribution in [0.1, 0.15) is 19.3 Å². The smallest absolute Gasteiger partial charge is 0.288 e. The summed E-state index contributed by atoms with van der Waals surface area (Å²) in [6.07, 6.45) is 1.29. The summed E-state index contributed by atoms with van der Waals surface area (Å²) in [4.78, 5) is 41.6. The van der Waals surface area contributed by atoms with E-state index in [4.69, 9.17) is 0 Å². The number of nitrogens with zero attached hydrogens (tertiary/aromatic N) is 2. The second kappa shape index (κ2) is 9.79. The van der Waals surface area contributed by atoms with Crippen LogP contribution in [-0.4, -0.2) is 47.5 Å². The molecule has 2 aliphatic rings. The molecule has 1 unspecified atom stereocenters. The molecule has 2 aliphatic heterocycles. The zero-order valence-electron chi connectivity index (χ0n) is 17.2. The van der Waals surface area contributed by atoms with Crippen LogP contribution in [0.3, 0.4) is 0 Å². The van der Waals surface area contributed by atoms with Crippen LogP contribution in [0.25, 0.3) is 0 Å². The Morgan fingerprint density at radius 3 is 2.28 bits per heavy atom. The Balaban J connectivity index is 1.35. The highest BCUT2D eigenvalue weighted by atomic mass is 32.2. The van der Waals surface area contributed by atoms with Gasteiger partial charge in [0.25, 0.3) is 11.7 Å². The molecule has 2 heterocycles. The third-order valence-corrected chi connectivity index (χ3v) is 6.55. The van der Waals surface area contributed by atoms with Crippen molar-refractivity contribution < 1.29 is 23.2 Å². The first kappa shape index (κ1) is 22.4. The van der Waals surface area contributed by atoms with E-state index in [1.54, 1.807) is 0 Å². The highest BCUT2D eigenvalue weighted by Gasteiger charge is 2.43. The number of alkyl halides is 2. The molecule has 0 aliphatic carbocycles. The lowest BCUT2D eigenvalue weighted by Gasteiger charge is -2.34. The Morgan fingerprint density at radius 1 is 1.00 bits per heavy atom. The van der Waals surface area contributed by atoms with E-state index in [1.165, 1.54) is 24.3 Å². The van der Waals surface area contributed by atoms with E-state index in [0.717, 1.165) is 10.6 Å². The van der Waals surface area contributed by atoms with Crippen LogP contribution in [-0.2, 0) is 14.4 Å². The van der Waals surface area contributed by atoms with Crippen molar-refractivity contribution in [1.29, 1.82) is 0 Å². The highest BCUT2D eigenvalue weighted by molar-refractivity contribution is 7.99. The molecule has 6 nitrogen and oxygen atoms in total. The Bertz CT molecular complexity index is 980. The summed E-state index contributed by atoms with van der Waals surface area (Å²) in [5.74, 6) is -3.32. The van der Waals surface area contributed by atoms with Crippen molar-refractivity contribution in [3.63, 3.8) is 0 Å². The molecule has 2 saturated heterocycles. The number of carbonyl (C=O) groups excluding carboxylic acids is 3. The summed E-state index contributed by atoms with van der Waals surface area (Å²) in [6, 6.07) is 14.7. The molecule has 0 radical (unpaired) electrons. The number of carbonyl (C=O) groups is 3. The van der Waals surface area contributed by atoms with Gasteiger partial charge in [-0.25, -0.2) is 4.90 Å². The molecule has 2 fully saturated rings. The number of halogens is 2. The summed E-state index contributed by atoms with van der Waals surface area (Å²) in [6.45, 7) is 1.10. The van der Waals surface area contributed by atoms with Crippen LogP contribution in [0.2, 0.25) is 0 Å². The summed E-state index contributed by atoms with van der Waals surface area (Å²) in [5, 5.41) is 2.92. The number of imide groups is 1. The lowest BCUT2D eigenvalue weighted by Crippen LogP contribution is -2.47. The molecular weight excluding hydrogens is 436 g/mol. The fraction of sp³-hybridized carbons (Fsp3) is 0.348. The maximum Gasteiger partial charge on any atom is 0.288 e. The predicted octanol–water partition coefficient (Wildman–Crippen LogP) is 3.98. The van der Waals surface area contributed by atoms with Crippen LogP contribution in [0, 0.1) is 5.92 Å². The minimum Gasteiger partial charge on any atom is -0.326 e. The largest absolute Gasteiger partial charge is 0.326 e. The van der Waals surface area contributed by atoms with E-state index in [2.05, 4.69) is 5.32 Å². The lowest BCUT2D eigenvalue weighted by molar-refractivity contribution is -0.123. The van der Waals surface area contributed by atoms with Crippen molar-refractivity contribution in [1.82, 2.24) is 4.90 Å². The number of thioether (sulfide) groups is 1. The normalized spacial score (nSPS) is 20.2. The van der Waals surface area contributed by atoms with Crippen LogP contribution < -0.4 is 10.2 Å². The first-order valence-electron chi connectivity index (χ1n) is 10.4. The molecule has 4 rings (SSSR count). The van der Waals surface area contributed by atoms with Gasteiger partial charge in [0.2, 0.25) is 11.8 Å². The molecule has 3 amide bonds. The predicted molar refractivity (Wildman–Crippen MR) is 119 cm³/mol. The van der Waals surface area contributed by atoms with Gasteiger partial charge >= 0.3 is 0 Å². The lowest BCUT2D eigenvalue weighted by atomic mass is 9.94. The second-order valence-corrected chi connectivity index (χ2v) is 8.89. The quantitative estimate of drug-likeness (QED) is 0.523. The number of amides is 3. The molecular formula is C23H23F2N3O3S. The SMILES string of the molecule is O=C(Nc1ccccc1)C1CCN(C2CC(=O)N(c3ccc(SC(F)F)cc3)C2=O)CC1. The van der Waals surface area contributed by atoms with Crippen molar-refractivity contribution >= 4 is 40.9 Å². The third kappa shape index (κ3) is 4.99. The first-order valence-corrected chi connectivity index (χ1v) is 11.3. The highest BCUT2D eigenvalue weighted by Crippen LogP contribution is 2.31. The van der Waals surface area contributed by atoms with Gasteiger partial charge in [0.15, 0.2) is 0 Å². The molecule has 168 valence electrons. The Hall–Kier alpha value is -2.78. The molecule has 1 atom stereocenters. The fourth-order valence-electron chi connectivity index (χ4n) is 4.19. The van der Waals surface area contributed by atoms with Gasteiger partial charge in [0.1, 0.15) is 0 Å². The van der Waals surface area contributed by atoms with Gasteiger partial charge in [0.05, 0.1) is 18.2 Å². The number of hydrogen-bond acceptors (Lipinski definition) is 5. The van der Waals surface area contributed by atoms with E-state index >= 15 is 0 Å². The Kier molecular flexibility index (Phi) is 6.86. The van der Waals surface area contributed by atoms with E-state index in [9.17, 15) is 23.2 Å². The van der Waals surface area contributed by atoms with E-state index in [-0.39, 0.29) is 30.1 Å². The summed E-state index contributed by atoms with van der Waals surface area (Å²) < 4.78 is 25.0. The van der Waals surface area contributed by atoms with Crippen LogP contribution in [0.4, 0.5) is 20.2 Å². The summed E-state index contributed by atoms with van der Waals surface area (Å²) >= 11 is 0.415. The Morgan fingerprint density at radius 2 is 1.66 bits per heavy atom. The molecule has 1 N–H and O–H groups in total. The van der Waals surface area contributed by atoms with Gasteiger partial charge in [-0.2, -0.15) is 8.78 Å². The van der Waals surface area contributed by atoms with Crippen LogP contribution >= 0.6 is 11.8 Å². The maximum atomic E-state index is 13.0. The zero-order valence-corrected chi connectivity index (χ0v) is 18.1. The van der Waals surface area contributed by atoms with E-state index in [1.807, 2.05) is 35.2 Å². The number of hydrogen-bond donors (Lipinski definition) is 1. The van der Waals surface area contributed by atoms with Crippen LogP contribution in [0.5, 0.6) is 0 Å². The van der Waals surface area contributed by atoms with Crippen LogP contribution in [0.15, 0.2) is 59.5 Å². The number of likely N-dealkylation sites (tertiary alicyclic amines) is 1. The van der Waals surface area contributed by atoms with Gasteiger partial charge in [0, 0.05) is 16.5 Å². The van der Waals surface area contributed by atoms with Gasteiger partial charge < -0.3 is 5.32 Å². The number of para-hydroxylation sites is 1. The van der Waals surface area contributed by atoms with Gasteiger partial charge in [-0.1, -0.05) is 30.0 Å². The summed E-state index contributed by atoms with van der Waals surface area (Å²) in [5.41, 5.74) is 1.14. The van der Waals surface area contributed by atoms with Gasteiger partial charge in [-0.05, 0) is 62.3 Å². The van der Waals surface area contributed by atoms with Crippen molar-refractivity contribution in [3.05, 3.63) is 54.6 Å². The molecule has 9 heteroatoms. The molecule has 2 aromatic rings. The van der Waals surface area contributed by atoms with Crippen molar-refractivity contribution in [2.75, 3.05) is 23.3 Å². The maximum absolute atomic E-state index is 13.0.